The van der Waals surface area contributed by atoms with Crippen LogP contribution in [0.25, 0.3) is 10.7 Å². The standard InChI is InChI=1S/C7H4N4O2S/c12-7(13)5-1-4(8-2-9-5)6-10-3-11-14-6/h1-3H,(H,12,13). The smallest absolute Gasteiger partial charge is 0.354 e. The van der Waals surface area contributed by atoms with E-state index in [1.54, 1.807) is 0 Å². The molecule has 0 unspecified atom stereocenters. The summed E-state index contributed by atoms with van der Waals surface area (Å²) in [6.07, 6.45) is 2.59. The van der Waals surface area contributed by atoms with Gasteiger partial charge in [-0.05, 0) is 11.5 Å². The molecule has 0 aliphatic rings. The van der Waals surface area contributed by atoms with Crippen LogP contribution in [0.1, 0.15) is 10.5 Å². The summed E-state index contributed by atoms with van der Waals surface area (Å²) in [5.74, 6) is -1.09. The third-order valence-electron chi connectivity index (χ3n) is 1.47. The molecule has 0 amide bonds. The van der Waals surface area contributed by atoms with Gasteiger partial charge in [0.05, 0.1) is 0 Å². The predicted octanol–water partition coefficient (Wildman–Crippen LogP) is 0.693. The fourth-order valence-corrected chi connectivity index (χ4v) is 1.37. The van der Waals surface area contributed by atoms with Gasteiger partial charge in [0.15, 0.2) is 10.7 Å². The van der Waals surface area contributed by atoms with Crippen LogP contribution < -0.4 is 0 Å². The maximum Gasteiger partial charge on any atom is 0.354 e. The van der Waals surface area contributed by atoms with Crippen molar-refractivity contribution < 1.29 is 9.90 Å². The molecule has 0 fully saturated rings. The molecule has 0 saturated carbocycles. The van der Waals surface area contributed by atoms with Crippen molar-refractivity contribution in [3.63, 3.8) is 0 Å². The molecule has 2 aromatic rings. The number of hydrogen-bond donors (Lipinski definition) is 1. The van der Waals surface area contributed by atoms with Crippen molar-refractivity contribution in [2.75, 3.05) is 0 Å². The summed E-state index contributed by atoms with van der Waals surface area (Å²) < 4.78 is 3.80. The van der Waals surface area contributed by atoms with Gasteiger partial charge < -0.3 is 5.11 Å². The number of aromatic nitrogens is 4. The average molecular weight is 208 g/mol. The maximum absolute atomic E-state index is 10.6. The Morgan fingerprint density at radius 1 is 1.29 bits per heavy atom. The van der Waals surface area contributed by atoms with Gasteiger partial charge in [-0.3, -0.25) is 0 Å². The molecule has 0 radical (unpaired) electrons. The lowest BCUT2D eigenvalue weighted by molar-refractivity contribution is 0.0690. The number of hydrogen-bond acceptors (Lipinski definition) is 6. The van der Waals surface area contributed by atoms with E-state index < -0.39 is 5.97 Å². The SMILES string of the molecule is O=C(O)c1cc(-c2ncns2)ncn1. The Bertz CT molecular complexity index is 456. The van der Waals surface area contributed by atoms with Gasteiger partial charge in [0, 0.05) is 6.07 Å². The molecule has 14 heavy (non-hydrogen) atoms. The van der Waals surface area contributed by atoms with Crippen LogP contribution in [0, 0.1) is 0 Å². The molecule has 0 aliphatic carbocycles. The zero-order valence-electron chi connectivity index (χ0n) is 6.78. The first-order chi connectivity index (χ1) is 6.77. The Morgan fingerprint density at radius 2 is 2.14 bits per heavy atom. The number of rotatable bonds is 2. The number of nitrogens with zero attached hydrogens (tertiary/aromatic N) is 4. The Morgan fingerprint density at radius 3 is 2.79 bits per heavy atom. The molecule has 0 aliphatic heterocycles. The highest BCUT2D eigenvalue weighted by atomic mass is 32.1. The maximum atomic E-state index is 10.6. The van der Waals surface area contributed by atoms with Gasteiger partial charge in [0.1, 0.15) is 18.3 Å². The molecule has 2 aromatic heterocycles. The van der Waals surface area contributed by atoms with E-state index in [4.69, 9.17) is 5.11 Å². The summed E-state index contributed by atoms with van der Waals surface area (Å²) in [4.78, 5) is 22.0. The highest BCUT2D eigenvalue weighted by molar-refractivity contribution is 7.09. The number of carbonyl (C=O) groups is 1. The lowest BCUT2D eigenvalue weighted by atomic mass is 10.3. The van der Waals surface area contributed by atoms with Crippen LogP contribution in [0.4, 0.5) is 0 Å². The first-order valence-corrected chi connectivity index (χ1v) is 4.37. The summed E-state index contributed by atoms with van der Waals surface area (Å²) in [6.45, 7) is 0. The van der Waals surface area contributed by atoms with Crippen LogP contribution in [-0.4, -0.2) is 30.4 Å². The quantitative estimate of drug-likeness (QED) is 0.781. The monoisotopic (exact) mass is 208 g/mol. The van der Waals surface area contributed by atoms with E-state index in [9.17, 15) is 4.79 Å². The average Bonchev–Trinajstić information content (AvgIpc) is 2.71. The van der Waals surface area contributed by atoms with Gasteiger partial charge >= 0.3 is 5.97 Å². The normalized spacial score (nSPS) is 10.0. The first kappa shape index (κ1) is 8.70. The van der Waals surface area contributed by atoms with Crippen LogP contribution in [-0.2, 0) is 0 Å². The fraction of sp³-hybridized carbons (Fsp3) is 0. The van der Waals surface area contributed by atoms with Crippen LogP contribution in [0.2, 0.25) is 0 Å². The summed E-state index contributed by atoms with van der Waals surface area (Å²) >= 11 is 1.15. The van der Waals surface area contributed by atoms with Gasteiger partial charge in [-0.1, -0.05) is 0 Å². The highest BCUT2D eigenvalue weighted by Gasteiger charge is 2.09. The minimum atomic E-state index is -1.09. The largest absolute Gasteiger partial charge is 0.477 e. The van der Waals surface area contributed by atoms with Gasteiger partial charge in [-0.15, -0.1) is 0 Å². The Kier molecular flexibility index (Phi) is 2.15. The zero-order valence-corrected chi connectivity index (χ0v) is 7.60. The molecule has 2 rings (SSSR count). The topological polar surface area (TPSA) is 88.9 Å². The Labute approximate surface area is 82.5 Å². The molecule has 7 heteroatoms. The van der Waals surface area contributed by atoms with Crippen molar-refractivity contribution in [3.05, 3.63) is 24.4 Å². The van der Waals surface area contributed by atoms with Crippen LogP contribution in [0.15, 0.2) is 18.7 Å². The third kappa shape index (κ3) is 1.57. The molecular formula is C7H4N4O2S. The summed E-state index contributed by atoms with van der Waals surface area (Å²) in [7, 11) is 0. The molecule has 0 spiro atoms. The molecule has 6 nitrogen and oxygen atoms in total. The van der Waals surface area contributed by atoms with Crippen molar-refractivity contribution in [3.8, 4) is 10.7 Å². The van der Waals surface area contributed by atoms with E-state index in [1.807, 2.05) is 0 Å². The number of aromatic carboxylic acids is 1. The highest BCUT2D eigenvalue weighted by Crippen LogP contribution is 2.16. The van der Waals surface area contributed by atoms with E-state index in [-0.39, 0.29) is 5.69 Å². The molecule has 1 N–H and O–H groups in total. The summed E-state index contributed by atoms with van der Waals surface area (Å²) in [5, 5.41) is 9.26. The van der Waals surface area contributed by atoms with Crippen molar-refractivity contribution in [1.29, 1.82) is 0 Å². The van der Waals surface area contributed by atoms with Crippen molar-refractivity contribution in [1.82, 2.24) is 19.3 Å². The van der Waals surface area contributed by atoms with Crippen molar-refractivity contribution in [2.45, 2.75) is 0 Å². The van der Waals surface area contributed by atoms with Crippen LogP contribution in [0.3, 0.4) is 0 Å². The molecule has 70 valence electrons. The van der Waals surface area contributed by atoms with Gasteiger partial charge in [-0.25, -0.2) is 19.7 Å². The second-order valence-electron chi connectivity index (χ2n) is 2.34. The van der Waals surface area contributed by atoms with E-state index in [2.05, 4.69) is 19.3 Å². The van der Waals surface area contributed by atoms with E-state index in [0.29, 0.717) is 10.7 Å². The lowest BCUT2D eigenvalue weighted by Gasteiger charge is -1.95. The molecule has 0 bridgehead atoms. The Balaban J connectivity index is 2.46. The Hall–Kier alpha value is -1.89. The third-order valence-corrected chi connectivity index (χ3v) is 2.15. The van der Waals surface area contributed by atoms with E-state index >= 15 is 0 Å². The first-order valence-electron chi connectivity index (χ1n) is 3.60. The predicted molar refractivity (Wildman–Crippen MR) is 47.9 cm³/mol. The second-order valence-corrected chi connectivity index (χ2v) is 3.12. The fourth-order valence-electron chi connectivity index (χ4n) is 0.877. The molecule has 0 atom stereocenters. The van der Waals surface area contributed by atoms with Gasteiger partial charge in [-0.2, -0.15) is 4.37 Å². The number of carboxylic acids is 1. The van der Waals surface area contributed by atoms with E-state index in [1.165, 1.54) is 18.7 Å². The zero-order chi connectivity index (χ0) is 9.97. The number of carboxylic acid groups (broad SMARTS) is 1. The molecular weight excluding hydrogens is 204 g/mol. The van der Waals surface area contributed by atoms with Crippen LogP contribution in [0.5, 0.6) is 0 Å². The van der Waals surface area contributed by atoms with E-state index in [0.717, 1.165) is 11.5 Å². The minimum absolute atomic E-state index is 0.0507. The molecule has 0 aromatic carbocycles. The van der Waals surface area contributed by atoms with Crippen molar-refractivity contribution in [2.24, 2.45) is 0 Å². The lowest BCUT2D eigenvalue weighted by Crippen LogP contribution is -2.00. The van der Waals surface area contributed by atoms with Gasteiger partial charge in [0.2, 0.25) is 0 Å². The second kappa shape index (κ2) is 3.46. The van der Waals surface area contributed by atoms with Crippen molar-refractivity contribution >= 4 is 17.5 Å². The molecule has 0 saturated heterocycles. The molecule has 2 heterocycles. The van der Waals surface area contributed by atoms with Gasteiger partial charge in [0.25, 0.3) is 0 Å². The summed E-state index contributed by atoms with van der Waals surface area (Å²) in [5.41, 5.74) is 0.421. The van der Waals surface area contributed by atoms with Crippen LogP contribution >= 0.6 is 11.5 Å². The summed E-state index contributed by atoms with van der Waals surface area (Å²) in [6, 6.07) is 1.36. The minimum Gasteiger partial charge on any atom is -0.477 e.